The summed E-state index contributed by atoms with van der Waals surface area (Å²) in [6.07, 6.45) is 2.35. The highest BCUT2D eigenvalue weighted by Crippen LogP contribution is 2.40. The summed E-state index contributed by atoms with van der Waals surface area (Å²) >= 11 is 2.29. The number of carboxylic acid groups (broad SMARTS) is 1. The van der Waals surface area contributed by atoms with E-state index in [0.717, 1.165) is 16.2 Å². The van der Waals surface area contributed by atoms with Crippen molar-refractivity contribution < 1.29 is 34.2 Å². The lowest BCUT2D eigenvalue weighted by Crippen LogP contribution is -2.71. The van der Waals surface area contributed by atoms with Gasteiger partial charge in [-0.25, -0.2) is 14.6 Å². The number of anilines is 1. The number of thioether (sulfide) groups is 1. The molecule has 1 unspecified atom stereocenters. The number of nitrogens with zero attached hydrogens (tertiary/aromatic N) is 3. The topological polar surface area (TPSA) is 197 Å². The maximum absolute atomic E-state index is 12.7. The lowest BCUT2D eigenvalue weighted by Gasteiger charge is -2.49. The highest BCUT2D eigenvalue weighted by atomic mass is 32.2. The highest BCUT2D eigenvalue weighted by molar-refractivity contribution is 8.00. The standard InChI is InChI=1S/C18H20N6O7S2/c1-2-20-18(29)31-5-3-4-8-6-32-15-11(14(26)24(15)12(8)16(27)28)22-13(25)10(23-30)9-7-33-17(19)21-9/h3-4,7,11,15,30H,2,5-6H2,1H3,(H2,19,21)(H,20,29)(H,22,25)(H,27,28)/b4-3-,23-10-/t11?,15-/m1/s1. The number of ether oxygens (including phenoxy) is 1. The van der Waals surface area contributed by atoms with Crippen molar-refractivity contribution in [2.24, 2.45) is 5.16 Å². The van der Waals surface area contributed by atoms with Crippen LogP contribution >= 0.6 is 23.1 Å². The first-order chi connectivity index (χ1) is 15.8. The van der Waals surface area contributed by atoms with Crippen molar-refractivity contribution in [3.8, 4) is 0 Å². The third-order valence-corrected chi connectivity index (χ3v) is 6.49. The number of hydrogen-bond acceptors (Lipinski definition) is 11. The first-order valence-electron chi connectivity index (χ1n) is 9.51. The molecule has 0 saturated carbocycles. The Kier molecular flexibility index (Phi) is 7.55. The number of aromatic nitrogens is 1. The number of alkyl carbamates (subject to hydrolysis) is 1. The highest BCUT2D eigenvalue weighted by Gasteiger charge is 2.54. The molecule has 1 fully saturated rings. The number of nitrogens with one attached hydrogen (secondary N) is 2. The van der Waals surface area contributed by atoms with E-state index < -0.39 is 41.0 Å². The second-order valence-electron chi connectivity index (χ2n) is 6.59. The van der Waals surface area contributed by atoms with Crippen LogP contribution in [0.2, 0.25) is 0 Å². The Labute approximate surface area is 195 Å². The number of carboxylic acids is 1. The number of rotatable bonds is 8. The van der Waals surface area contributed by atoms with Gasteiger partial charge in [0.25, 0.3) is 11.8 Å². The Morgan fingerprint density at radius 3 is 2.82 bits per heavy atom. The monoisotopic (exact) mass is 496 g/mol. The number of thiazole rings is 1. The van der Waals surface area contributed by atoms with Crippen LogP contribution in [-0.4, -0.2) is 80.1 Å². The molecule has 0 aromatic carbocycles. The summed E-state index contributed by atoms with van der Waals surface area (Å²) in [6.45, 7) is 2.07. The van der Waals surface area contributed by atoms with E-state index in [1.807, 2.05) is 0 Å². The molecule has 3 heterocycles. The predicted octanol–water partition coefficient (Wildman–Crippen LogP) is -0.0555. The Hall–Kier alpha value is -3.59. The Morgan fingerprint density at radius 2 is 2.21 bits per heavy atom. The van der Waals surface area contributed by atoms with Crippen LogP contribution < -0.4 is 16.4 Å². The summed E-state index contributed by atoms with van der Waals surface area (Å²) in [5, 5.41) is 27.7. The van der Waals surface area contributed by atoms with Gasteiger partial charge in [0.2, 0.25) is 0 Å². The Morgan fingerprint density at radius 1 is 1.45 bits per heavy atom. The first-order valence-corrected chi connectivity index (χ1v) is 11.4. The van der Waals surface area contributed by atoms with Gasteiger partial charge < -0.3 is 31.4 Å². The van der Waals surface area contributed by atoms with Gasteiger partial charge in [-0.3, -0.25) is 14.5 Å². The van der Waals surface area contributed by atoms with Crippen molar-refractivity contribution in [2.45, 2.75) is 18.3 Å². The van der Waals surface area contributed by atoms with Gasteiger partial charge in [-0.15, -0.1) is 23.1 Å². The van der Waals surface area contributed by atoms with Crippen LogP contribution in [0.1, 0.15) is 12.6 Å². The molecular weight excluding hydrogens is 476 g/mol. The Balaban J connectivity index is 1.69. The molecule has 3 rings (SSSR count). The molecule has 2 atom stereocenters. The van der Waals surface area contributed by atoms with E-state index in [1.54, 1.807) is 6.92 Å². The lowest BCUT2D eigenvalue weighted by molar-refractivity contribution is -0.150. The van der Waals surface area contributed by atoms with Gasteiger partial charge >= 0.3 is 12.1 Å². The number of carbonyl (C=O) groups excluding carboxylic acids is 3. The fourth-order valence-corrected chi connectivity index (χ4v) is 4.97. The van der Waals surface area contributed by atoms with Crippen molar-refractivity contribution in [1.29, 1.82) is 0 Å². The molecule has 0 bridgehead atoms. The van der Waals surface area contributed by atoms with Gasteiger partial charge in [0.1, 0.15) is 29.4 Å². The van der Waals surface area contributed by atoms with Crippen LogP contribution in [0.25, 0.3) is 0 Å². The zero-order valence-electron chi connectivity index (χ0n) is 17.2. The van der Waals surface area contributed by atoms with Crippen LogP contribution in [-0.2, 0) is 19.1 Å². The molecule has 0 aliphatic carbocycles. The molecule has 15 heteroatoms. The number of aliphatic carboxylic acids is 1. The van der Waals surface area contributed by atoms with Crippen LogP contribution in [0.5, 0.6) is 0 Å². The molecule has 0 radical (unpaired) electrons. The summed E-state index contributed by atoms with van der Waals surface area (Å²) < 4.78 is 4.90. The van der Waals surface area contributed by atoms with Crippen molar-refractivity contribution in [3.05, 3.63) is 34.5 Å². The summed E-state index contributed by atoms with van der Waals surface area (Å²) in [5.41, 5.74) is 5.30. The predicted molar refractivity (Wildman–Crippen MR) is 119 cm³/mol. The van der Waals surface area contributed by atoms with Gasteiger partial charge in [-0.05, 0) is 18.6 Å². The maximum atomic E-state index is 12.7. The summed E-state index contributed by atoms with van der Waals surface area (Å²) in [5.74, 6) is -2.55. The molecule has 13 nitrogen and oxygen atoms in total. The quantitative estimate of drug-likeness (QED) is 0.141. The molecule has 0 spiro atoms. The molecule has 176 valence electrons. The third kappa shape index (κ3) is 5.09. The minimum absolute atomic E-state index is 0.0470. The zero-order valence-corrected chi connectivity index (χ0v) is 18.8. The van der Waals surface area contributed by atoms with Crippen molar-refractivity contribution in [2.75, 3.05) is 24.6 Å². The van der Waals surface area contributed by atoms with E-state index in [9.17, 15) is 29.5 Å². The van der Waals surface area contributed by atoms with E-state index in [2.05, 4.69) is 20.8 Å². The number of allylic oxidation sites excluding steroid dienone is 1. The zero-order chi connectivity index (χ0) is 24.1. The minimum Gasteiger partial charge on any atom is -0.477 e. The summed E-state index contributed by atoms with van der Waals surface area (Å²) in [7, 11) is 0. The summed E-state index contributed by atoms with van der Waals surface area (Å²) in [4.78, 5) is 53.3. The second-order valence-corrected chi connectivity index (χ2v) is 8.59. The molecule has 2 aliphatic rings. The second kappa shape index (κ2) is 10.4. The molecule has 1 saturated heterocycles. The van der Waals surface area contributed by atoms with E-state index in [4.69, 9.17) is 10.5 Å². The minimum atomic E-state index is -1.31. The summed E-state index contributed by atoms with van der Waals surface area (Å²) in [6, 6.07) is -1.02. The van der Waals surface area contributed by atoms with E-state index in [-0.39, 0.29) is 28.9 Å². The molecule has 1 aromatic heterocycles. The van der Waals surface area contributed by atoms with Crippen LogP contribution in [0, 0.1) is 0 Å². The maximum Gasteiger partial charge on any atom is 0.407 e. The van der Waals surface area contributed by atoms with E-state index >= 15 is 0 Å². The number of β-lactam (4-membered cyclic amide) rings is 1. The van der Waals surface area contributed by atoms with Crippen molar-refractivity contribution in [3.63, 3.8) is 0 Å². The normalized spacial score (nSPS) is 20.3. The average Bonchev–Trinajstić information content (AvgIpc) is 3.20. The van der Waals surface area contributed by atoms with Crippen LogP contribution in [0.4, 0.5) is 9.93 Å². The van der Waals surface area contributed by atoms with Crippen LogP contribution in [0.15, 0.2) is 34.0 Å². The van der Waals surface area contributed by atoms with Gasteiger partial charge in [0, 0.05) is 17.7 Å². The molecule has 3 amide bonds. The Bertz CT molecular complexity index is 1070. The van der Waals surface area contributed by atoms with E-state index in [1.165, 1.54) is 29.3 Å². The number of amides is 3. The lowest BCUT2D eigenvalue weighted by atomic mass is 10.0. The van der Waals surface area contributed by atoms with Crippen molar-refractivity contribution >= 4 is 57.8 Å². The van der Waals surface area contributed by atoms with E-state index in [0.29, 0.717) is 12.1 Å². The van der Waals surface area contributed by atoms with Gasteiger partial charge in [0.05, 0.1) is 0 Å². The molecule has 6 N–H and O–H groups in total. The fourth-order valence-electron chi connectivity index (χ4n) is 3.10. The SMILES string of the molecule is CCNC(=O)OC/C=C\C1=C(C(=O)O)N2C(=O)C(NC(=O)/C(=N\O)c3csc(N)n3)[C@H]2SC1. The van der Waals surface area contributed by atoms with Crippen molar-refractivity contribution in [1.82, 2.24) is 20.5 Å². The smallest absolute Gasteiger partial charge is 0.407 e. The van der Waals surface area contributed by atoms with Gasteiger partial charge in [0.15, 0.2) is 10.8 Å². The molecule has 2 aliphatic heterocycles. The number of fused-ring (bicyclic) bond motifs is 1. The average molecular weight is 497 g/mol. The largest absolute Gasteiger partial charge is 0.477 e. The number of carbonyl (C=O) groups is 4. The third-order valence-electron chi connectivity index (χ3n) is 4.52. The number of nitrogens with two attached hydrogens (primary N) is 1. The molecule has 1 aromatic rings. The molecular formula is C18H20N6O7S2. The van der Waals surface area contributed by atoms with Crippen LogP contribution in [0.3, 0.4) is 0 Å². The fraction of sp³-hybridized carbons (Fsp3) is 0.333. The molecule has 33 heavy (non-hydrogen) atoms. The number of oxime groups is 1. The number of hydrogen-bond donors (Lipinski definition) is 5. The first kappa shape index (κ1) is 24.1. The van der Waals surface area contributed by atoms with Gasteiger partial charge in [-0.1, -0.05) is 11.2 Å². The number of nitrogen functional groups attached to an aromatic ring is 1. The van der Waals surface area contributed by atoms with Gasteiger partial charge in [-0.2, -0.15) is 0 Å².